The van der Waals surface area contributed by atoms with Crippen molar-refractivity contribution in [3.05, 3.63) is 64.1 Å². The van der Waals surface area contributed by atoms with Crippen molar-refractivity contribution in [3.8, 4) is 0 Å². The predicted molar refractivity (Wildman–Crippen MR) is 111 cm³/mol. The second kappa shape index (κ2) is 8.03. The molecule has 0 aromatic heterocycles. The minimum atomic E-state index is -3.49. The van der Waals surface area contributed by atoms with E-state index in [2.05, 4.69) is 45.1 Å². The van der Waals surface area contributed by atoms with E-state index < -0.39 is 10.0 Å². The summed E-state index contributed by atoms with van der Waals surface area (Å²) >= 11 is 3.42. The zero-order valence-corrected chi connectivity index (χ0v) is 17.8. The third kappa shape index (κ3) is 3.99. The summed E-state index contributed by atoms with van der Waals surface area (Å²) in [4.78, 5) is 2.79. The number of halogens is 1. The van der Waals surface area contributed by atoms with Crippen LogP contribution < -0.4 is 0 Å². The highest BCUT2D eigenvalue weighted by molar-refractivity contribution is 9.10. The molecule has 2 heterocycles. The van der Waals surface area contributed by atoms with Crippen molar-refractivity contribution in [1.82, 2.24) is 9.21 Å². The lowest BCUT2D eigenvalue weighted by Crippen LogP contribution is -2.50. The van der Waals surface area contributed by atoms with Gasteiger partial charge in [0.1, 0.15) is 0 Å². The first-order valence-electron chi connectivity index (χ1n) is 9.61. The van der Waals surface area contributed by atoms with Gasteiger partial charge in [0.05, 0.1) is 4.90 Å². The van der Waals surface area contributed by atoms with Crippen molar-refractivity contribution in [2.24, 2.45) is 0 Å². The fourth-order valence-electron chi connectivity index (χ4n) is 4.26. The molecule has 6 heteroatoms. The van der Waals surface area contributed by atoms with Crippen LogP contribution >= 0.6 is 15.9 Å². The van der Waals surface area contributed by atoms with Crippen molar-refractivity contribution in [2.75, 3.05) is 19.6 Å². The average Bonchev–Trinajstić information content (AvgIpc) is 2.68. The van der Waals surface area contributed by atoms with Crippen molar-refractivity contribution in [3.63, 3.8) is 0 Å². The molecule has 4 rings (SSSR count). The van der Waals surface area contributed by atoms with E-state index in [1.807, 2.05) is 6.07 Å². The van der Waals surface area contributed by atoms with E-state index in [9.17, 15) is 8.42 Å². The normalized spacial score (nSPS) is 21.7. The summed E-state index contributed by atoms with van der Waals surface area (Å²) in [5.74, 6) is 0. The summed E-state index contributed by atoms with van der Waals surface area (Å²) in [6.45, 7) is 3.32. The Hall–Kier alpha value is -1.21. The Bertz CT molecular complexity index is 916. The molecule has 1 fully saturated rings. The van der Waals surface area contributed by atoms with E-state index in [-0.39, 0.29) is 6.04 Å². The summed E-state index contributed by atoms with van der Waals surface area (Å²) < 4.78 is 29.1. The van der Waals surface area contributed by atoms with E-state index in [1.54, 1.807) is 22.5 Å². The number of sulfonamides is 1. The Morgan fingerprint density at radius 1 is 0.963 bits per heavy atom. The number of benzene rings is 2. The summed E-state index contributed by atoms with van der Waals surface area (Å²) in [6.07, 6.45) is 4.00. The molecule has 2 aromatic carbocycles. The van der Waals surface area contributed by atoms with Gasteiger partial charge >= 0.3 is 0 Å². The van der Waals surface area contributed by atoms with Crippen LogP contribution in [0.4, 0.5) is 0 Å². The van der Waals surface area contributed by atoms with E-state index in [0.717, 1.165) is 45.3 Å². The van der Waals surface area contributed by atoms with Crippen molar-refractivity contribution in [1.29, 1.82) is 0 Å². The molecular weight excluding hydrogens is 424 g/mol. The second-order valence-electron chi connectivity index (χ2n) is 7.45. The van der Waals surface area contributed by atoms with E-state index >= 15 is 0 Å². The summed E-state index contributed by atoms with van der Waals surface area (Å²) in [5.41, 5.74) is 2.80. The summed E-state index contributed by atoms with van der Waals surface area (Å²) in [6, 6.07) is 15.8. The lowest BCUT2D eigenvalue weighted by atomic mass is 9.98. The van der Waals surface area contributed by atoms with Gasteiger partial charge in [0.25, 0.3) is 0 Å². The molecule has 4 nitrogen and oxygen atoms in total. The first-order valence-corrected chi connectivity index (χ1v) is 11.8. The van der Waals surface area contributed by atoms with Crippen LogP contribution in [0.3, 0.4) is 0 Å². The Morgan fingerprint density at radius 2 is 1.70 bits per heavy atom. The van der Waals surface area contributed by atoms with Gasteiger partial charge in [-0.2, -0.15) is 4.31 Å². The smallest absolute Gasteiger partial charge is 0.244 e. The van der Waals surface area contributed by atoms with Gasteiger partial charge in [-0.3, -0.25) is 4.90 Å². The van der Waals surface area contributed by atoms with E-state index in [1.165, 1.54) is 11.1 Å². The minimum Gasteiger partial charge on any atom is -0.297 e. The number of piperidine rings is 1. The molecule has 2 aliphatic rings. The molecular formula is C21H25BrN2O2S. The number of rotatable bonds is 4. The second-order valence-corrected chi connectivity index (χ2v) is 10.2. The van der Waals surface area contributed by atoms with Gasteiger partial charge in [-0.1, -0.05) is 42.8 Å². The third-order valence-electron chi connectivity index (χ3n) is 5.68. The maximum Gasteiger partial charge on any atom is 0.244 e. The van der Waals surface area contributed by atoms with Crippen LogP contribution in [0.15, 0.2) is 57.9 Å². The van der Waals surface area contributed by atoms with Gasteiger partial charge in [-0.25, -0.2) is 8.42 Å². The van der Waals surface area contributed by atoms with Crippen LogP contribution in [0.1, 0.15) is 30.4 Å². The molecule has 144 valence electrons. The SMILES string of the molecule is O=S(=O)(c1ccccc1Br)N1CCCCC1CN1CCc2ccccc2C1. The van der Waals surface area contributed by atoms with Crippen molar-refractivity contribution >= 4 is 26.0 Å². The Kier molecular flexibility index (Phi) is 5.69. The zero-order chi connectivity index (χ0) is 18.9. The first kappa shape index (κ1) is 19.1. The standard InChI is InChI=1S/C21H25BrN2O2S/c22-20-10-3-4-11-21(20)27(25,26)24-13-6-5-9-19(24)16-23-14-12-17-7-1-2-8-18(17)15-23/h1-4,7-8,10-11,19H,5-6,9,12-16H2. The van der Waals surface area contributed by atoms with Gasteiger partial charge in [-0.15, -0.1) is 0 Å². The van der Waals surface area contributed by atoms with E-state index in [0.29, 0.717) is 15.9 Å². The van der Waals surface area contributed by atoms with Crippen molar-refractivity contribution in [2.45, 2.75) is 43.2 Å². The maximum atomic E-state index is 13.3. The Labute approximate surface area is 170 Å². The number of nitrogens with zero attached hydrogens (tertiary/aromatic N) is 2. The van der Waals surface area contributed by atoms with Gasteiger partial charge in [0, 0.05) is 36.7 Å². The third-order valence-corrected chi connectivity index (χ3v) is 8.64. The molecule has 2 aromatic rings. The Balaban J connectivity index is 1.54. The number of hydrogen-bond donors (Lipinski definition) is 0. The molecule has 0 bridgehead atoms. The van der Waals surface area contributed by atoms with Crippen LogP contribution in [-0.2, 0) is 23.0 Å². The van der Waals surface area contributed by atoms with Crippen LogP contribution in [0.5, 0.6) is 0 Å². The van der Waals surface area contributed by atoms with Gasteiger partial charge in [-0.05, 0) is 58.5 Å². The molecule has 0 saturated carbocycles. The predicted octanol–water partition coefficient (Wildman–Crippen LogP) is 4.05. The largest absolute Gasteiger partial charge is 0.297 e. The maximum absolute atomic E-state index is 13.3. The lowest BCUT2D eigenvalue weighted by Gasteiger charge is -2.39. The van der Waals surface area contributed by atoms with E-state index in [4.69, 9.17) is 0 Å². The zero-order valence-electron chi connectivity index (χ0n) is 15.4. The number of fused-ring (bicyclic) bond motifs is 1. The van der Waals surface area contributed by atoms with Crippen LogP contribution in [0.2, 0.25) is 0 Å². The molecule has 0 amide bonds. The molecule has 0 spiro atoms. The van der Waals surface area contributed by atoms with Gasteiger partial charge in [0.15, 0.2) is 0 Å². The molecule has 1 saturated heterocycles. The highest BCUT2D eigenvalue weighted by atomic mass is 79.9. The fourth-order valence-corrected chi connectivity index (χ4v) is 6.91. The lowest BCUT2D eigenvalue weighted by molar-refractivity contribution is 0.159. The van der Waals surface area contributed by atoms with Crippen molar-refractivity contribution < 1.29 is 8.42 Å². The van der Waals surface area contributed by atoms with Crippen LogP contribution in [0.25, 0.3) is 0 Å². The minimum absolute atomic E-state index is 0.0427. The number of hydrogen-bond acceptors (Lipinski definition) is 3. The highest BCUT2D eigenvalue weighted by Gasteiger charge is 2.35. The highest BCUT2D eigenvalue weighted by Crippen LogP contribution is 2.30. The molecule has 27 heavy (non-hydrogen) atoms. The summed E-state index contributed by atoms with van der Waals surface area (Å²) in [5, 5.41) is 0. The van der Waals surface area contributed by atoms with Gasteiger partial charge in [0.2, 0.25) is 10.0 Å². The topological polar surface area (TPSA) is 40.6 Å². The summed E-state index contributed by atoms with van der Waals surface area (Å²) in [7, 11) is -3.49. The molecule has 2 aliphatic heterocycles. The first-order chi connectivity index (χ1) is 13.1. The average molecular weight is 449 g/mol. The molecule has 0 N–H and O–H groups in total. The fraction of sp³-hybridized carbons (Fsp3) is 0.429. The molecule has 1 unspecified atom stereocenters. The van der Waals surface area contributed by atoms with Crippen LogP contribution in [-0.4, -0.2) is 43.3 Å². The quantitative estimate of drug-likeness (QED) is 0.707. The molecule has 1 atom stereocenters. The van der Waals surface area contributed by atoms with Gasteiger partial charge < -0.3 is 0 Å². The monoisotopic (exact) mass is 448 g/mol. The molecule has 0 aliphatic carbocycles. The Morgan fingerprint density at radius 3 is 2.52 bits per heavy atom. The van der Waals surface area contributed by atoms with Crippen LogP contribution in [0, 0.1) is 0 Å². The molecule has 0 radical (unpaired) electrons.